The summed E-state index contributed by atoms with van der Waals surface area (Å²) in [6.45, 7) is 4.18. The number of H-pyrrole nitrogens is 1. The maximum Gasteiger partial charge on any atom is 0.293 e. The Morgan fingerprint density at radius 3 is 2.51 bits per heavy atom. The van der Waals surface area contributed by atoms with Crippen molar-refractivity contribution in [2.24, 2.45) is 0 Å². The minimum atomic E-state index is -0.577. The minimum absolute atomic E-state index is 0.117. The van der Waals surface area contributed by atoms with Crippen molar-refractivity contribution in [1.82, 2.24) is 20.6 Å². The highest BCUT2D eigenvalue weighted by Crippen LogP contribution is 2.23. The van der Waals surface area contributed by atoms with Crippen LogP contribution >= 0.6 is 0 Å². The van der Waals surface area contributed by atoms with E-state index in [2.05, 4.69) is 44.6 Å². The van der Waals surface area contributed by atoms with Crippen LogP contribution in [0.4, 0.5) is 4.39 Å². The lowest BCUT2D eigenvalue weighted by molar-refractivity contribution is 0.190. The number of aromatic amines is 1. The van der Waals surface area contributed by atoms with Gasteiger partial charge < -0.3 is 25.5 Å². The molecule has 1 saturated heterocycles. The molecule has 2 aromatic carbocycles. The number of rotatable bonds is 10. The van der Waals surface area contributed by atoms with E-state index >= 15 is 0 Å². The Hall–Kier alpha value is -3.51. The summed E-state index contributed by atoms with van der Waals surface area (Å²) in [5.41, 5.74) is 3.74. The van der Waals surface area contributed by atoms with E-state index in [1.54, 1.807) is 6.92 Å². The van der Waals surface area contributed by atoms with Gasteiger partial charge in [-0.1, -0.05) is 36.1 Å². The second-order valence-electron chi connectivity index (χ2n) is 9.40. The van der Waals surface area contributed by atoms with E-state index in [4.69, 9.17) is 4.74 Å². The molecular weight excluding hydrogens is 471 g/mol. The number of aromatic nitrogens is 2. The van der Waals surface area contributed by atoms with Crippen LogP contribution in [0.2, 0.25) is 0 Å². The summed E-state index contributed by atoms with van der Waals surface area (Å²) < 4.78 is 18.4. The quantitative estimate of drug-likeness (QED) is 0.317. The third-order valence-electron chi connectivity index (χ3n) is 6.50. The van der Waals surface area contributed by atoms with Crippen LogP contribution in [0.1, 0.15) is 47.2 Å². The highest BCUT2D eigenvalue weighted by molar-refractivity contribution is 5.44. The maximum absolute atomic E-state index is 13.0. The molecule has 194 valence electrons. The zero-order chi connectivity index (χ0) is 26.0. The monoisotopic (exact) mass is 504 g/mol. The summed E-state index contributed by atoms with van der Waals surface area (Å²) in [6, 6.07) is 16.2. The molecular formula is C29H33FN4O3. The van der Waals surface area contributed by atoms with Gasteiger partial charge in [-0.15, -0.1) is 0 Å². The summed E-state index contributed by atoms with van der Waals surface area (Å²) in [6.07, 6.45) is 2.67. The molecule has 37 heavy (non-hydrogen) atoms. The van der Waals surface area contributed by atoms with Gasteiger partial charge in [0.15, 0.2) is 0 Å². The Kier molecular flexibility index (Phi) is 9.44. The average molecular weight is 505 g/mol. The third-order valence-corrected chi connectivity index (χ3v) is 6.50. The second kappa shape index (κ2) is 13.2. The van der Waals surface area contributed by atoms with E-state index in [-0.39, 0.29) is 17.7 Å². The van der Waals surface area contributed by atoms with Crippen LogP contribution in [-0.4, -0.2) is 53.6 Å². The number of aromatic hydroxyl groups is 1. The van der Waals surface area contributed by atoms with Crippen LogP contribution in [0, 0.1) is 11.8 Å². The Balaban J connectivity index is 1.41. The highest BCUT2D eigenvalue weighted by atomic mass is 19.1. The van der Waals surface area contributed by atoms with Gasteiger partial charge in [-0.2, -0.15) is 0 Å². The van der Waals surface area contributed by atoms with E-state index in [0.29, 0.717) is 24.7 Å². The first-order valence-electron chi connectivity index (χ1n) is 12.6. The molecule has 8 heteroatoms. The molecule has 1 fully saturated rings. The first-order chi connectivity index (χ1) is 18.0. The number of hydrogen-bond acceptors (Lipinski definition) is 6. The lowest BCUT2D eigenvalue weighted by Crippen LogP contribution is -2.32. The average Bonchev–Trinajstić information content (AvgIpc) is 3.45. The van der Waals surface area contributed by atoms with Gasteiger partial charge in [0.2, 0.25) is 5.75 Å². The molecule has 3 aromatic rings. The van der Waals surface area contributed by atoms with E-state index in [9.17, 15) is 14.3 Å². The molecule has 0 spiro atoms. The minimum Gasteiger partial charge on any atom is -0.502 e. The van der Waals surface area contributed by atoms with E-state index < -0.39 is 12.2 Å². The fraction of sp³-hybridized carbons (Fsp3) is 0.379. The van der Waals surface area contributed by atoms with E-state index in [1.165, 1.54) is 11.9 Å². The highest BCUT2D eigenvalue weighted by Gasteiger charge is 2.18. The Morgan fingerprint density at radius 2 is 1.86 bits per heavy atom. The van der Waals surface area contributed by atoms with Gasteiger partial charge in [0.25, 0.3) is 5.56 Å². The second-order valence-corrected chi connectivity index (χ2v) is 9.40. The van der Waals surface area contributed by atoms with Crippen molar-refractivity contribution >= 4 is 0 Å². The molecule has 7 nitrogen and oxygen atoms in total. The summed E-state index contributed by atoms with van der Waals surface area (Å²) in [5, 5.41) is 16.8. The van der Waals surface area contributed by atoms with Crippen molar-refractivity contribution in [2.45, 2.75) is 44.3 Å². The van der Waals surface area contributed by atoms with Crippen LogP contribution in [0.3, 0.4) is 0 Å². The summed E-state index contributed by atoms with van der Waals surface area (Å²) in [5.74, 6) is 5.91. The SMILES string of the molecule is C[C@@H](CF)NCC(Cc1nc[nH]c(=O)c1O)c1ccc(C#Cc2ccc(CN[C@@H]3CCOC3)cc2)cc1. The van der Waals surface area contributed by atoms with E-state index in [0.717, 1.165) is 42.9 Å². The van der Waals surface area contributed by atoms with Crippen LogP contribution < -0.4 is 16.2 Å². The molecule has 0 aliphatic carbocycles. The van der Waals surface area contributed by atoms with Crippen LogP contribution in [0.15, 0.2) is 59.7 Å². The van der Waals surface area contributed by atoms with Crippen molar-refractivity contribution < 1.29 is 14.2 Å². The normalized spacial score (nSPS) is 16.6. The molecule has 2 heterocycles. The first kappa shape index (κ1) is 26.6. The number of benzene rings is 2. The molecule has 0 saturated carbocycles. The number of halogens is 1. The molecule has 1 aromatic heterocycles. The third kappa shape index (κ3) is 7.73. The molecule has 0 radical (unpaired) electrons. The summed E-state index contributed by atoms with van der Waals surface area (Å²) in [4.78, 5) is 18.3. The van der Waals surface area contributed by atoms with Crippen molar-refractivity contribution in [3.05, 3.63) is 93.2 Å². The standard InChI is InChI=1S/C29H33FN4O3/c1-20(15-30)31-17-25(14-27-28(35)29(36)34-19-33-27)24-10-8-22(9-11-24)3-2-21-4-6-23(7-5-21)16-32-26-12-13-37-18-26/h4-11,19-20,25-26,31-32,35H,12-18H2,1H3,(H,33,34,36)/t20-,25?,26+/m0/s1. The van der Waals surface area contributed by atoms with Gasteiger partial charge in [-0.05, 0) is 48.7 Å². The van der Waals surface area contributed by atoms with Gasteiger partial charge in [-0.3, -0.25) is 4.79 Å². The van der Waals surface area contributed by atoms with Crippen LogP contribution in [0.5, 0.6) is 5.75 Å². The smallest absolute Gasteiger partial charge is 0.293 e. The van der Waals surface area contributed by atoms with Crippen molar-refractivity contribution in [3.8, 4) is 17.6 Å². The molecule has 1 unspecified atom stereocenters. The van der Waals surface area contributed by atoms with E-state index in [1.807, 2.05) is 36.4 Å². The molecule has 4 rings (SSSR count). The fourth-order valence-corrected chi connectivity index (χ4v) is 4.16. The molecule has 4 N–H and O–H groups in total. The zero-order valence-corrected chi connectivity index (χ0v) is 21.0. The summed E-state index contributed by atoms with van der Waals surface area (Å²) >= 11 is 0. The number of nitrogens with one attached hydrogen (secondary N) is 3. The Morgan fingerprint density at radius 1 is 1.16 bits per heavy atom. The molecule has 3 atom stereocenters. The zero-order valence-electron chi connectivity index (χ0n) is 21.0. The molecule has 0 bridgehead atoms. The molecule has 0 amide bonds. The van der Waals surface area contributed by atoms with Crippen molar-refractivity contribution in [3.63, 3.8) is 0 Å². The lowest BCUT2D eigenvalue weighted by atomic mass is 9.92. The number of ether oxygens (including phenoxy) is 1. The van der Waals surface area contributed by atoms with Crippen LogP contribution in [0.25, 0.3) is 0 Å². The van der Waals surface area contributed by atoms with Gasteiger partial charge in [-0.25, -0.2) is 9.37 Å². The predicted molar refractivity (Wildman–Crippen MR) is 141 cm³/mol. The maximum atomic E-state index is 13.0. The predicted octanol–water partition coefficient (Wildman–Crippen LogP) is 3.03. The number of hydrogen-bond donors (Lipinski definition) is 4. The van der Waals surface area contributed by atoms with Crippen LogP contribution in [-0.2, 0) is 17.7 Å². The van der Waals surface area contributed by atoms with Gasteiger partial charge >= 0.3 is 0 Å². The fourth-order valence-electron chi connectivity index (χ4n) is 4.16. The first-order valence-corrected chi connectivity index (χ1v) is 12.6. The van der Waals surface area contributed by atoms with Gasteiger partial charge in [0.05, 0.1) is 18.6 Å². The topological polar surface area (TPSA) is 99.3 Å². The molecule has 1 aliphatic heterocycles. The number of alkyl halides is 1. The van der Waals surface area contributed by atoms with Gasteiger partial charge in [0.1, 0.15) is 6.67 Å². The lowest BCUT2D eigenvalue weighted by Gasteiger charge is -2.20. The largest absolute Gasteiger partial charge is 0.502 e. The Bertz CT molecular complexity index is 1260. The molecule has 1 aliphatic rings. The summed E-state index contributed by atoms with van der Waals surface area (Å²) in [7, 11) is 0. The number of nitrogens with zero attached hydrogens (tertiary/aromatic N) is 1. The van der Waals surface area contributed by atoms with Gasteiger partial charge in [0, 0.05) is 55.2 Å². The van der Waals surface area contributed by atoms with Crippen molar-refractivity contribution in [2.75, 3.05) is 26.4 Å². The Labute approximate surface area is 216 Å². The van der Waals surface area contributed by atoms with Crippen molar-refractivity contribution in [1.29, 1.82) is 0 Å².